The highest BCUT2D eigenvalue weighted by atomic mass is 79.9. The lowest BCUT2D eigenvalue weighted by molar-refractivity contribution is -0.140. The van der Waals surface area contributed by atoms with Crippen molar-refractivity contribution >= 4 is 32.8 Å². The number of aromatic nitrogens is 1. The van der Waals surface area contributed by atoms with E-state index in [0.717, 1.165) is 52.3 Å². The summed E-state index contributed by atoms with van der Waals surface area (Å²) in [6, 6.07) is 17.6. The molecule has 0 bridgehead atoms. The first kappa shape index (κ1) is 18.9. The van der Waals surface area contributed by atoms with Gasteiger partial charge < -0.3 is 9.84 Å². The molecule has 0 spiro atoms. The molecule has 1 saturated carbocycles. The number of ether oxygens (including phenoxy) is 1. The van der Waals surface area contributed by atoms with E-state index >= 15 is 0 Å². The molecule has 1 unspecified atom stereocenters. The van der Waals surface area contributed by atoms with Crippen molar-refractivity contribution in [3.8, 4) is 5.75 Å². The van der Waals surface area contributed by atoms with Crippen molar-refractivity contribution in [3.05, 3.63) is 70.3 Å². The van der Waals surface area contributed by atoms with Crippen molar-refractivity contribution < 1.29 is 14.6 Å². The third-order valence-electron chi connectivity index (χ3n) is 5.48. The van der Waals surface area contributed by atoms with Crippen LogP contribution in [0.1, 0.15) is 42.9 Å². The minimum Gasteiger partial charge on any atom is -0.486 e. The van der Waals surface area contributed by atoms with E-state index in [9.17, 15) is 9.90 Å². The highest BCUT2D eigenvalue weighted by molar-refractivity contribution is 9.10. The third kappa shape index (κ3) is 4.04. The Morgan fingerprint density at radius 3 is 2.68 bits per heavy atom. The van der Waals surface area contributed by atoms with Crippen LogP contribution in [0.25, 0.3) is 10.9 Å². The molecule has 1 N–H and O–H groups in total. The standard InChI is InChI=1S/C23H22BrNO3/c24-19-13-17(22(23(26)27)16-6-1-2-7-16)10-12-21(19)28-14-18-11-9-15-5-3-4-8-20(15)25-18/h3-5,8-13,16,22H,1-2,6-7,14H2,(H,26,27). The number of rotatable bonds is 6. The number of nitrogens with zero attached hydrogens (tertiary/aromatic N) is 1. The van der Waals surface area contributed by atoms with Gasteiger partial charge in [-0.05, 0) is 64.5 Å². The number of pyridine rings is 1. The number of para-hydroxylation sites is 1. The lowest BCUT2D eigenvalue weighted by atomic mass is 9.85. The number of benzene rings is 2. The van der Waals surface area contributed by atoms with Crippen LogP contribution in [0, 0.1) is 5.92 Å². The fraction of sp³-hybridized carbons (Fsp3) is 0.304. The highest BCUT2D eigenvalue weighted by Crippen LogP contribution is 2.39. The van der Waals surface area contributed by atoms with Gasteiger partial charge in [-0.15, -0.1) is 0 Å². The van der Waals surface area contributed by atoms with Gasteiger partial charge in [0.05, 0.1) is 21.6 Å². The molecular formula is C23H22BrNO3. The van der Waals surface area contributed by atoms with E-state index in [1.54, 1.807) is 0 Å². The van der Waals surface area contributed by atoms with E-state index in [1.165, 1.54) is 0 Å². The van der Waals surface area contributed by atoms with E-state index < -0.39 is 11.9 Å². The lowest BCUT2D eigenvalue weighted by Gasteiger charge is -2.20. The summed E-state index contributed by atoms with van der Waals surface area (Å²) in [5.41, 5.74) is 2.63. The average Bonchev–Trinajstić information content (AvgIpc) is 3.21. The molecule has 28 heavy (non-hydrogen) atoms. The predicted octanol–water partition coefficient (Wildman–Crippen LogP) is 5.93. The number of hydrogen-bond acceptors (Lipinski definition) is 3. The van der Waals surface area contributed by atoms with Crippen molar-refractivity contribution in [3.63, 3.8) is 0 Å². The summed E-state index contributed by atoms with van der Waals surface area (Å²) in [6.45, 7) is 0.355. The number of hydrogen-bond donors (Lipinski definition) is 1. The third-order valence-corrected chi connectivity index (χ3v) is 6.10. The maximum atomic E-state index is 11.8. The Labute approximate surface area is 172 Å². The summed E-state index contributed by atoms with van der Waals surface area (Å²) in [6.07, 6.45) is 4.21. The molecule has 1 aliphatic rings. The first-order chi connectivity index (χ1) is 13.6. The molecule has 1 aliphatic carbocycles. The van der Waals surface area contributed by atoms with E-state index in [-0.39, 0.29) is 5.92 Å². The quantitative estimate of drug-likeness (QED) is 0.516. The van der Waals surface area contributed by atoms with Gasteiger partial charge in [0, 0.05) is 5.39 Å². The van der Waals surface area contributed by atoms with Crippen molar-refractivity contribution in [1.82, 2.24) is 4.98 Å². The fourth-order valence-electron chi connectivity index (χ4n) is 4.08. The summed E-state index contributed by atoms with van der Waals surface area (Å²) >= 11 is 3.55. The molecule has 3 aromatic rings. The summed E-state index contributed by atoms with van der Waals surface area (Å²) in [5.74, 6) is -0.282. The zero-order valence-corrected chi connectivity index (χ0v) is 17.1. The van der Waals surface area contributed by atoms with Crippen LogP contribution in [0.2, 0.25) is 0 Å². The molecule has 1 aromatic heterocycles. The Hall–Kier alpha value is -2.40. The van der Waals surface area contributed by atoms with Crippen LogP contribution in [0.5, 0.6) is 5.75 Å². The lowest BCUT2D eigenvalue weighted by Crippen LogP contribution is -2.19. The Kier molecular flexibility index (Phi) is 5.62. The molecule has 2 aromatic carbocycles. The molecule has 0 aliphatic heterocycles. The monoisotopic (exact) mass is 439 g/mol. The van der Waals surface area contributed by atoms with Crippen LogP contribution in [0.3, 0.4) is 0 Å². The Balaban J connectivity index is 1.50. The van der Waals surface area contributed by atoms with Gasteiger partial charge in [0.2, 0.25) is 0 Å². The largest absolute Gasteiger partial charge is 0.486 e. The molecule has 5 heteroatoms. The van der Waals surface area contributed by atoms with Crippen molar-refractivity contribution in [2.45, 2.75) is 38.2 Å². The van der Waals surface area contributed by atoms with Crippen molar-refractivity contribution in [2.24, 2.45) is 5.92 Å². The Morgan fingerprint density at radius 2 is 1.93 bits per heavy atom. The van der Waals surface area contributed by atoms with Crippen LogP contribution in [0.15, 0.2) is 59.1 Å². The SMILES string of the molecule is O=C(O)C(c1ccc(OCc2ccc3ccccc3n2)c(Br)c1)C1CCCC1. The van der Waals surface area contributed by atoms with Gasteiger partial charge in [-0.25, -0.2) is 4.98 Å². The number of carboxylic acids is 1. The number of fused-ring (bicyclic) bond motifs is 1. The van der Waals surface area contributed by atoms with Crippen LogP contribution in [-0.4, -0.2) is 16.1 Å². The maximum Gasteiger partial charge on any atom is 0.311 e. The number of carbonyl (C=O) groups is 1. The molecule has 1 heterocycles. The fourth-order valence-corrected chi connectivity index (χ4v) is 4.59. The molecule has 0 amide bonds. The average molecular weight is 440 g/mol. The predicted molar refractivity (Wildman–Crippen MR) is 113 cm³/mol. The van der Waals surface area contributed by atoms with Gasteiger partial charge >= 0.3 is 5.97 Å². The van der Waals surface area contributed by atoms with E-state index in [1.807, 2.05) is 54.6 Å². The highest BCUT2D eigenvalue weighted by Gasteiger charge is 2.32. The molecule has 0 radical (unpaired) electrons. The molecule has 0 saturated heterocycles. The summed E-state index contributed by atoms with van der Waals surface area (Å²) in [5, 5.41) is 10.8. The van der Waals surface area contributed by atoms with Crippen LogP contribution in [-0.2, 0) is 11.4 Å². The Bertz CT molecular complexity index is 998. The minimum atomic E-state index is -0.743. The minimum absolute atomic E-state index is 0.220. The summed E-state index contributed by atoms with van der Waals surface area (Å²) in [4.78, 5) is 16.5. The second-order valence-corrected chi connectivity index (χ2v) is 8.19. The summed E-state index contributed by atoms with van der Waals surface area (Å²) in [7, 11) is 0. The first-order valence-corrected chi connectivity index (χ1v) is 10.4. The van der Waals surface area contributed by atoms with E-state index in [4.69, 9.17) is 4.74 Å². The van der Waals surface area contributed by atoms with Gasteiger partial charge in [-0.3, -0.25) is 4.79 Å². The molecule has 144 valence electrons. The van der Waals surface area contributed by atoms with Crippen LogP contribution >= 0.6 is 15.9 Å². The molecule has 1 atom stereocenters. The smallest absolute Gasteiger partial charge is 0.311 e. The summed E-state index contributed by atoms with van der Waals surface area (Å²) < 4.78 is 6.71. The molecule has 4 rings (SSSR count). The van der Waals surface area contributed by atoms with E-state index in [2.05, 4.69) is 20.9 Å². The van der Waals surface area contributed by atoms with Crippen LogP contribution < -0.4 is 4.74 Å². The maximum absolute atomic E-state index is 11.8. The van der Waals surface area contributed by atoms with Gasteiger partial charge in [-0.1, -0.05) is 43.2 Å². The van der Waals surface area contributed by atoms with Gasteiger partial charge in [-0.2, -0.15) is 0 Å². The van der Waals surface area contributed by atoms with Gasteiger partial charge in [0.15, 0.2) is 0 Å². The zero-order chi connectivity index (χ0) is 19.5. The zero-order valence-electron chi connectivity index (χ0n) is 15.5. The van der Waals surface area contributed by atoms with Crippen LogP contribution in [0.4, 0.5) is 0 Å². The normalized spacial score (nSPS) is 15.6. The molecule has 1 fully saturated rings. The molecular weight excluding hydrogens is 418 g/mol. The van der Waals surface area contributed by atoms with Gasteiger partial charge in [0.25, 0.3) is 0 Å². The first-order valence-electron chi connectivity index (χ1n) is 9.61. The Morgan fingerprint density at radius 1 is 1.14 bits per heavy atom. The number of aliphatic carboxylic acids is 1. The number of halogens is 1. The van der Waals surface area contributed by atoms with Gasteiger partial charge in [0.1, 0.15) is 12.4 Å². The van der Waals surface area contributed by atoms with Crippen molar-refractivity contribution in [1.29, 1.82) is 0 Å². The molecule has 4 nitrogen and oxygen atoms in total. The number of carboxylic acid groups (broad SMARTS) is 1. The van der Waals surface area contributed by atoms with E-state index in [0.29, 0.717) is 12.4 Å². The second kappa shape index (κ2) is 8.31. The van der Waals surface area contributed by atoms with Crippen molar-refractivity contribution in [2.75, 3.05) is 0 Å². The topological polar surface area (TPSA) is 59.4 Å². The second-order valence-electron chi connectivity index (χ2n) is 7.33.